The van der Waals surface area contributed by atoms with Crippen LogP contribution in [0.15, 0.2) is 53.0 Å². The maximum Gasteiger partial charge on any atom is 0.253 e. The Labute approximate surface area is 171 Å². The van der Waals surface area contributed by atoms with Crippen LogP contribution < -0.4 is 9.64 Å². The summed E-state index contributed by atoms with van der Waals surface area (Å²) in [6.45, 7) is 1.68. The summed E-state index contributed by atoms with van der Waals surface area (Å²) in [5.74, 6) is 0.0479. The van der Waals surface area contributed by atoms with Crippen LogP contribution in [0.25, 0.3) is 0 Å². The van der Waals surface area contributed by atoms with Crippen LogP contribution in [0.2, 0.25) is 0 Å². The predicted octanol–water partition coefficient (Wildman–Crippen LogP) is 2.99. The maximum atomic E-state index is 13.4. The molecule has 0 spiro atoms. The van der Waals surface area contributed by atoms with E-state index in [0.717, 1.165) is 29.5 Å². The number of methoxy groups -OCH3 is 1. The number of benzene rings is 2. The minimum absolute atomic E-state index is 0.111. The highest BCUT2D eigenvalue weighted by atomic mass is 79.9. The second kappa shape index (κ2) is 6.69. The van der Waals surface area contributed by atoms with Crippen molar-refractivity contribution in [3.05, 3.63) is 58.6 Å². The summed E-state index contributed by atoms with van der Waals surface area (Å²) in [5, 5.41) is 4.33. The maximum absolute atomic E-state index is 13.4. The average Bonchev–Trinajstić information content (AvgIpc) is 3.35. The van der Waals surface area contributed by atoms with Crippen molar-refractivity contribution in [1.82, 2.24) is 10.0 Å². The van der Waals surface area contributed by atoms with E-state index in [-0.39, 0.29) is 17.9 Å². The van der Waals surface area contributed by atoms with Gasteiger partial charge in [0.2, 0.25) is 5.91 Å². The zero-order valence-corrected chi connectivity index (χ0v) is 17.0. The number of amides is 2. The highest BCUT2D eigenvalue weighted by Gasteiger charge is 2.62. The Bertz CT molecular complexity index is 931. The van der Waals surface area contributed by atoms with Crippen molar-refractivity contribution in [2.45, 2.75) is 18.5 Å². The molecule has 0 aromatic heterocycles. The lowest BCUT2D eigenvalue weighted by atomic mass is 9.90. The van der Waals surface area contributed by atoms with Gasteiger partial charge in [0.25, 0.3) is 5.91 Å². The number of fused-ring (bicyclic) bond motifs is 3. The molecule has 2 amide bonds. The minimum atomic E-state index is -0.425. The van der Waals surface area contributed by atoms with Crippen LogP contribution in [0.1, 0.15) is 18.0 Å². The molecule has 6 nitrogen and oxygen atoms in total. The van der Waals surface area contributed by atoms with Gasteiger partial charge in [-0.25, -0.2) is 14.9 Å². The zero-order chi connectivity index (χ0) is 19.4. The molecule has 3 aliphatic rings. The normalized spacial score (nSPS) is 27.4. The molecular weight excluding hydrogens is 422 g/mol. The third-order valence-electron chi connectivity index (χ3n) is 5.95. The molecule has 2 aromatic rings. The SMILES string of the molecule is COc1ccc(N2C(=O)[C@@H]3[C@@H](C2=O)N2CCCN2[C@@H]3c2ccc(Br)cc2)cc1. The van der Waals surface area contributed by atoms with Crippen molar-refractivity contribution in [3.8, 4) is 5.75 Å². The third-order valence-corrected chi connectivity index (χ3v) is 6.48. The first-order valence-electron chi connectivity index (χ1n) is 9.40. The van der Waals surface area contributed by atoms with Crippen molar-refractivity contribution in [3.63, 3.8) is 0 Å². The first kappa shape index (κ1) is 17.8. The van der Waals surface area contributed by atoms with Gasteiger partial charge in [-0.1, -0.05) is 28.1 Å². The number of imide groups is 1. The molecule has 7 heteroatoms. The number of hydrogen-bond donors (Lipinski definition) is 0. The summed E-state index contributed by atoms with van der Waals surface area (Å²) in [7, 11) is 1.59. The fraction of sp³-hybridized carbons (Fsp3) is 0.333. The molecule has 3 aliphatic heterocycles. The number of nitrogens with zero attached hydrogens (tertiary/aromatic N) is 3. The Morgan fingerprint density at radius 3 is 2.18 bits per heavy atom. The highest BCUT2D eigenvalue weighted by molar-refractivity contribution is 9.10. The van der Waals surface area contributed by atoms with Gasteiger partial charge in [0, 0.05) is 17.6 Å². The van der Waals surface area contributed by atoms with Crippen molar-refractivity contribution < 1.29 is 14.3 Å². The van der Waals surface area contributed by atoms with Crippen molar-refractivity contribution in [2.75, 3.05) is 25.1 Å². The van der Waals surface area contributed by atoms with Gasteiger partial charge < -0.3 is 4.74 Å². The van der Waals surface area contributed by atoms with Gasteiger partial charge in [0.1, 0.15) is 11.8 Å². The Balaban J connectivity index is 1.55. The molecular formula is C21H20BrN3O3. The van der Waals surface area contributed by atoms with Crippen LogP contribution in [0.5, 0.6) is 5.75 Å². The molecule has 0 saturated carbocycles. The van der Waals surface area contributed by atoms with Crippen LogP contribution in [0, 0.1) is 5.92 Å². The zero-order valence-electron chi connectivity index (χ0n) is 15.4. The molecule has 0 bridgehead atoms. The van der Waals surface area contributed by atoms with E-state index in [9.17, 15) is 9.59 Å². The largest absolute Gasteiger partial charge is 0.497 e. The van der Waals surface area contributed by atoms with Crippen LogP contribution in [0.3, 0.4) is 0 Å². The van der Waals surface area contributed by atoms with E-state index in [1.165, 1.54) is 4.90 Å². The first-order chi connectivity index (χ1) is 13.6. The van der Waals surface area contributed by atoms with E-state index < -0.39 is 12.0 Å². The number of carbonyl (C=O) groups is 2. The molecule has 5 rings (SSSR count). The summed E-state index contributed by atoms with van der Waals surface area (Å²) < 4.78 is 6.19. The fourth-order valence-corrected chi connectivity index (χ4v) is 5.02. The predicted molar refractivity (Wildman–Crippen MR) is 108 cm³/mol. The lowest BCUT2D eigenvalue weighted by Crippen LogP contribution is -2.44. The average molecular weight is 442 g/mol. The van der Waals surface area contributed by atoms with E-state index in [2.05, 4.69) is 25.9 Å². The lowest BCUT2D eigenvalue weighted by molar-refractivity contribution is -0.126. The number of halogens is 1. The smallest absolute Gasteiger partial charge is 0.253 e. The Hall–Kier alpha value is -2.22. The fourth-order valence-electron chi connectivity index (χ4n) is 4.76. The number of hydrazine groups is 1. The van der Waals surface area contributed by atoms with Crippen molar-refractivity contribution in [1.29, 1.82) is 0 Å². The Morgan fingerprint density at radius 2 is 1.54 bits per heavy atom. The number of rotatable bonds is 3. The van der Waals surface area contributed by atoms with E-state index in [0.29, 0.717) is 11.4 Å². The quantitative estimate of drug-likeness (QED) is 0.685. The van der Waals surface area contributed by atoms with Gasteiger partial charge in [0.05, 0.1) is 24.8 Å². The molecule has 28 heavy (non-hydrogen) atoms. The molecule has 0 aliphatic carbocycles. The second-order valence-corrected chi connectivity index (χ2v) is 8.27. The Morgan fingerprint density at radius 1 is 0.893 bits per heavy atom. The van der Waals surface area contributed by atoms with Gasteiger partial charge in [-0.15, -0.1) is 0 Å². The monoisotopic (exact) mass is 441 g/mol. The van der Waals surface area contributed by atoms with Gasteiger partial charge >= 0.3 is 0 Å². The van der Waals surface area contributed by atoms with Crippen LogP contribution in [0.4, 0.5) is 5.69 Å². The van der Waals surface area contributed by atoms with Gasteiger partial charge in [-0.05, 0) is 48.4 Å². The van der Waals surface area contributed by atoms with E-state index in [1.54, 1.807) is 31.4 Å². The Kier molecular flexibility index (Phi) is 4.26. The number of carbonyl (C=O) groups excluding carboxylic acids is 2. The van der Waals surface area contributed by atoms with Crippen molar-refractivity contribution >= 4 is 33.4 Å². The minimum Gasteiger partial charge on any atom is -0.497 e. The van der Waals surface area contributed by atoms with E-state index in [4.69, 9.17) is 4.74 Å². The van der Waals surface area contributed by atoms with Gasteiger partial charge in [-0.2, -0.15) is 0 Å². The number of ether oxygens (including phenoxy) is 1. The second-order valence-electron chi connectivity index (χ2n) is 7.36. The summed E-state index contributed by atoms with van der Waals surface area (Å²) in [6, 6.07) is 14.6. The van der Waals surface area contributed by atoms with Crippen LogP contribution in [-0.4, -0.2) is 48.1 Å². The lowest BCUT2D eigenvalue weighted by Gasteiger charge is -2.29. The number of hydrogen-bond acceptors (Lipinski definition) is 5. The van der Waals surface area contributed by atoms with Gasteiger partial charge in [0.15, 0.2) is 0 Å². The topological polar surface area (TPSA) is 53.1 Å². The molecule has 3 saturated heterocycles. The van der Waals surface area contributed by atoms with E-state index in [1.807, 2.05) is 24.3 Å². The third kappa shape index (κ3) is 2.53. The molecule has 2 aromatic carbocycles. The molecule has 144 valence electrons. The summed E-state index contributed by atoms with van der Waals surface area (Å²) in [4.78, 5) is 28.1. The van der Waals surface area contributed by atoms with Crippen molar-refractivity contribution in [2.24, 2.45) is 5.92 Å². The van der Waals surface area contributed by atoms with Crippen LogP contribution in [-0.2, 0) is 9.59 Å². The molecule has 3 atom stereocenters. The first-order valence-corrected chi connectivity index (χ1v) is 10.2. The molecule has 0 N–H and O–H groups in total. The summed E-state index contributed by atoms with van der Waals surface area (Å²) >= 11 is 3.48. The number of anilines is 1. The summed E-state index contributed by atoms with van der Waals surface area (Å²) in [6.07, 6.45) is 1.00. The highest BCUT2D eigenvalue weighted by Crippen LogP contribution is 2.49. The van der Waals surface area contributed by atoms with Gasteiger partial charge in [-0.3, -0.25) is 9.59 Å². The molecule has 3 fully saturated rings. The molecule has 0 radical (unpaired) electrons. The molecule has 0 unspecified atom stereocenters. The summed E-state index contributed by atoms with van der Waals surface area (Å²) in [5.41, 5.74) is 1.67. The van der Waals surface area contributed by atoms with Crippen LogP contribution >= 0.6 is 15.9 Å². The van der Waals surface area contributed by atoms with E-state index >= 15 is 0 Å². The molecule has 3 heterocycles. The standard InChI is InChI=1S/C21H20BrN3O3/c1-28-16-9-7-15(8-10-16)25-20(26)17-18(13-3-5-14(22)6-4-13)23-11-2-12-24(23)19(17)21(25)27/h3-10,17-19H,2,11-12H2,1H3/t17-,18+,19-/m0/s1.